The Morgan fingerprint density at radius 1 is 1.10 bits per heavy atom. The molecule has 168 valence electrons. The van der Waals surface area contributed by atoms with Crippen LogP contribution in [0.5, 0.6) is 0 Å². The Balaban J connectivity index is 2.11. The standard InChI is InChI=1S/C23H27Cl2FN2O2S/c1-4-15(2)27-23(30)16(3)28(12-17-8-10-18(26)11-9-17)22(29)14-31-13-19-20(24)6-5-7-21(19)25/h5-11,15-16H,4,12-14H2,1-3H3,(H,27,30)/t15-,16-/m1/s1. The van der Waals surface area contributed by atoms with Crippen molar-refractivity contribution in [1.29, 1.82) is 0 Å². The highest BCUT2D eigenvalue weighted by molar-refractivity contribution is 7.99. The van der Waals surface area contributed by atoms with E-state index in [9.17, 15) is 14.0 Å². The van der Waals surface area contributed by atoms with Gasteiger partial charge >= 0.3 is 0 Å². The lowest BCUT2D eigenvalue weighted by atomic mass is 10.1. The Morgan fingerprint density at radius 2 is 1.71 bits per heavy atom. The number of halogens is 3. The molecule has 0 saturated carbocycles. The predicted octanol–water partition coefficient (Wildman–Crippen LogP) is 5.70. The van der Waals surface area contributed by atoms with Gasteiger partial charge in [-0.1, -0.05) is 48.3 Å². The summed E-state index contributed by atoms with van der Waals surface area (Å²) in [5, 5.41) is 4.03. The number of carbonyl (C=O) groups excluding carboxylic acids is 2. The van der Waals surface area contributed by atoms with Gasteiger partial charge < -0.3 is 10.2 Å². The van der Waals surface area contributed by atoms with Crippen molar-refractivity contribution in [3.63, 3.8) is 0 Å². The van der Waals surface area contributed by atoms with E-state index in [0.717, 1.165) is 17.5 Å². The second-order valence-electron chi connectivity index (χ2n) is 7.33. The van der Waals surface area contributed by atoms with Crippen molar-refractivity contribution in [1.82, 2.24) is 10.2 Å². The van der Waals surface area contributed by atoms with E-state index in [-0.39, 0.29) is 36.0 Å². The van der Waals surface area contributed by atoms with Gasteiger partial charge in [0, 0.05) is 28.4 Å². The van der Waals surface area contributed by atoms with Crippen molar-refractivity contribution in [2.24, 2.45) is 0 Å². The average Bonchev–Trinajstić information content (AvgIpc) is 2.74. The number of hydrogen-bond acceptors (Lipinski definition) is 3. The maximum Gasteiger partial charge on any atom is 0.242 e. The third kappa shape index (κ3) is 7.70. The third-order valence-corrected chi connectivity index (χ3v) is 6.62. The number of nitrogens with one attached hydrogen (secondary N) is 1. The molecule has 2 rings (SSSR count). The van der Waals surface area contributed by atoms with Crippen molar-refractivity contribution < 1.29 is 14.0 Å². The second kappa shape index (κ2) is 12.3. The van der Waals surface area contributed by atoms with Crippen LogP contribution in [0.15, 0.2) is 42.5 Å². The van der Waals surface area contributed by atoms with Gasteiger partial charge in [-0.25, -0.2) is 4.39 Å². The monoisotopic (exact) mass is 484 g/mol. The van der Waals surface area contributed by atoms with Crippen molar-refractivity contribution >= 4 is 46.8 Å². The molecule has 0 aliphatic rings. The molecular weight excluding hydrogens is 458 g/mol. The first-order chi connectivity index (χ1) is 14.7. The molecule has 0 aliphatic carbocycles. The maximum atomic E-state index is 13.3. The Morgan fingerprint density at radius 3 is 2.29 bits per heavy atom. The van der Waals surface area contributed by atoms with E-state index in [4.69, 9.17) is 23.2 Å². The minimum absolute atomic E-state index is 0.00876. The molecule has 0 bridgehead atoms. The van der Waals surface area contributed by atoms with Crippen LogP contribution in [0, 0.1) is 5.82 Å². The van der Waals surface area contributed by atoms with E-state index < -0.39 is 6.04 Å². The molecule has 4 nitrogen and oxygen atoms in total. The molecule has 0 heterocycles. The SMILES string of the molecule is CC[C@@H](C)NC(=O)[C@@H](C)N(Cc1ccc(F)cc1)C(=O)CSCc1c(Cl)cccc1Cl. The molecule has 0 fully saturated rings. The van der Waals surface area contributed by atoms with Crippen LogP contribution in [0.3, 0.4) is 0 Å². The molecule has 2 aromatic carbocycles. The van der Waals surface area contributed by atoms with Crippen molar-refractivity contribution in [2.45, 2.75) is 51.6 Å². The average molecular weight is 485 g/mol. The van der Waals surface area contributed by atoms with Gasteiger partial charge in [-0.05, 0) is 55.7 Å². The lowest BCUT2D eigenvalue weighted by Crippen LogP contribution is -2.50. The highest BCUT2D eigenvalue weighted by atomic mass is 35.5. The number of benzene rings is 2. The van der Waals surface area contributed by atoms with E-state index in [1.807, 2.05) is 13.8 Å². The Kier molecular flexibility index (Phi) is 10.1. The van der Waals surface area contributed by atoms with Gasteiger partial charge in [0.15, 0.2) is 0 Å². The van der Waals surface area contributed by atoms with E-state index in [1.165, 1.54) is 28.8 Å². The third-order valence-electron chi connectivity index (χ3n) is 4.97. The number of amides is 2. The van der Waals surface area contributed by atoms with E-state index >= 15 is 0 Å². The van der Waals surface area contributed by atoms with Crippen molar-refractivity contribution in [2.75, 3.05) is 5.75 Å². The summed E-state index contributed by atoms with van der Waals surface area (Å²) in [4.78, 5) is 27.3. The van der Waals surface area contributed by atoms with Crippen LogP contribution >= 0.6 is 35.0 Å². The van der Waals surface area contributed by atoms with Crippen LogP contribution < -0.4 is 5.32 Å². The van der Waals surface area contributed by atoms with Gasteiger partial charge in [-0.2, -0.15) is 0 Å². The van der Waals surface area contributed by atoms with Gasteiger partial charge in [-0.15, -0.1) is 11.8 Å². The Hall–Kier alpha value is -1.76. The first-order valence-corrected chi connectivity index (χ1v) is 12.0. The molecule has 0 spiro atoms. The first-order valence-electron chi connectivity index (χ1n) is 10.1. The Bertz CT molecular complexity index is 875. The zero-order valence-electron chi connectivity index (χ0n) is 17.8. The van der Waals surface area contributed by atoms with Crippen LogP contribution in [-0.2, 0) is 21.9 Å². The summed E-state index contributed by atoms with van der Waals surface area (Å²) in [7, 11) is 0. The summed E-state index contributed by atoms with van der Waals surface area (Å²) in [6.45, 7) is 5.81. The minimum atomic E-state index is -0.670. The number of thioether (sulfide) groups is 1. The van der Waals surface area contributed by atoms with Crippen LogP contribution in [0.2, 0.25) is 10.0 Å². The van der Waals surface area contributed by atoms with E-state index in [1.54, 1.807) is 37.3 Å². The fourth-order valence-corrected chi connectivity index (χ4v) is 4.48. The highest BCUT2D eigenvalue weighted by Crippen LogP contribution is 2.28. The zero-order valence-corrected chi connectivity index (χ0v) is 20.2. The largest absolute Gasteiger partial charge is 0.352 e. The fourth-order valence-electron chi connectivity index (χ4n) is 2.83. The molecule has 2 aromatic rings. The number of nitrogens with zero attached hydrogens (tertiary/aromatic N) is 1. The highest BCUT2D eigenvalue weighted by Gasteiger charge is 2.26. The summed E-state index contributed by atoms with van der Waals surface area (Å²) in [6.07, 6.45) is 0.790. The summed E-state index contributed by atoms with van der Waals surface area (Å²) >= 11 is 13.8. The van der Waals surface area contributed by atoms with Gasteiger partial charge in [0.05, 0.1) is 5.75 Å². The molecule has 0 radical (unpaired) electrons. The van der Waals surface area contributed by atoms with E-state index in [2.05, 4.69) is 5.32 Å². The number of hydrogen-bond donors (Lipinski definition) is 1. The summed E-state index contributed by atoms with van der Waals surface area (Å²) < 4.78 is 13.3. The van der Waals surface area contributed by atoms with Crippen LogP contribution in [-0.4, -0.2) is 34.6 Å². The lowest BCUT2D eigenvalue weighted by molar-refractivity contribution is -0.138. The second-order valence-corrected chi connectivity index (χ2v) is 9.13. The van der Waals surface area contributed by atoms with Crippen LogP contribution in [0.4, 0.5) is 4.39 Å². The molecule has 8 heteroatoms. The number of rotatable bonds is 10. The fraction of sp³-hybridized carbons (Fsp3) is 0.391. The van der Waals surface area contributed by atoms with E-state index in [0.29, 0.717) is 15.8 Å². The summed E-state index contributed by atoms with van der Waals surface area (Å²) in [5.41, 5.74) is 1.52. The minimum Gasteiger partial charge on any atom is -0.352 e. The van der Waals surface area contributed by atoms with Gasteiger partial charge in [0.25, 0.3) is 0 Å². The van der Waals surface area contributed by atoms with Gasteiger partial charge in [0.2, 0.25) is 11.8 Å². The van der Waals surface area contributed by atoms with Crippen molar-refractivity contribution in [3.05, 3.63) is 69.5 Å². The van der Waals surface area contributed by atoms with Crippen LogP contribution in [0.1, 0.15) is 38.3 Å². The molecule has 1 N–H and O–H groups in total. The molecule has 0 saturated heterocycles. The maximum absolute atomic E-state index is 13.3. The molecule has 2 atom stereocenters. The van der Waals surface area contributed by atoms with Gasteiger partial charge in [-0.3, -0.25) is 9.59 Å². The molecule has 31 heavy (non-hydrogen) atoms. The summed E-state index contributed by atoms with van der Waals surface area (Å²) in [5.74, 6) is -0.129. The first kappa shape index (κ1) is 25.5. The molecule has 0 aliphatic heterocycles. The zero-order chi connectivity index (χ0) is 23.0. The van der Waals surface area contributed by atoms with Crippen LogP contribution in [0.25, 0.3) is 0 Å². The van der Waals surface area contributed by atoms with Gasteiger partial charge in [0.1, 0.15) is 11.9 Å². The molecular formula is C23H27Cl2FN2O2S. The van der Waals surface area contributed by atoms with Crippen molar-refractivity contribution in [3.8, 4) is 0 Å². The molecule has 0 aromatic heterocycles. The Labute approximate surface area is 197 Å². The molecule has 0 unspecified atom stereocenters. The quantitative estimate of drug-likeness (QED) is 0.470. The number of carbonyl (C=O) groups is 2. The molecule has 2 amide bonds. The predicted molar refractivity (Wildman–Crippen MR) is 127 cm³/mol. The normalized spacial score (nSPS) is 12.8. The smallest absolute Gasteiger partial charge is 0.242 e. The lowest BCUT2D eigenvalue weighted by Gasteiger charge is -2.29. The summed E-state index contributed by atoms with van der Waals surface area (Å²) in [6, 6.07) is 10.5. The topological polar surface area (TPSA) is 49.4 Å².